The molecule has 0 aliphatic carbocycles. The van der Waals surface area contributed by atoms with Gasteiger partial charge in [0.1, 0.15) is 0 Å². The standard InChI is InChI=1S/C6H12N8O2S2/c7-4(8)13-6-12-3(2-17-6)1-11-5(9)14-18(10,15)16/h2H,1H2,(H3,9,11,14)(H2,10,15,16)(H4,7,8,12,13). The third-order valence-electron chi connectivity index (χ3n) is 1.42. The van der Waals surface area contributed by atoms with Gasteiger partial charge < -0.3 is 17.2 Å². The monoisotopic (exact) mass is 292 g/mol. The van der Waals surface area contributed by atoms with Crippen molar-refractivity contribution in [1.82, 2.24) is 9.71 Å². The molecule has 10 nitrogen and oxygen atoms in total. The van der Waals surface area contributed by atoms with Crippen LogP contribution in [0.3, 0.4) is 0 Å². The molecule has 100 valence electrons. The molecule has 1 aromatic rings. The number of nitrogens with two attached hydrogens (primary N) is 4. The van der Waals surface area contributed by atoms with Crippen molar-refractivity contribution < 1.29 is 8.42 Å². The minimum atomic E-state index is -3.92. The van der Waals surface area contributed by atoms with Gasteiger partial charge in [0.2, 0.25) is 11.1 Å². The molecule has 9 N–H and O–H groups in total. The molecule has 0 spiro atoms. The van der Waals surface area contributed by atoms with Crippen molar-refractivity contribution in [3.8, 4) is 0 Å². The summed E-state index contributed by atoms with van der Waals surface area (Å²) >= 11 is 1.21. The number of nitrogens with zero attached hydrogens (tertiary/aromatic N) is 3. The molecule has 12 heteroatoms. The third kappa shape index (κ3) is 5.42. The lowest BCUT2D eigenvalue weighted by Gasteiger charge is -2.00. The summed E-state index contributed by atoms with van der Waals surface area (Å²) in [6.07, 6.45) is 0. The molecule has 0 unspecified atom stereocenters. The second kappa shape index (κ2) is 5.61. The molecule has 0 aliphatic rings. The summed E-state index contributed by atoms with van der Waals surface area (Å²) in [6, 6.07) is 0. The molecule has 0 atom stereocenters. The molecule has 0 bridgehead atoms. The molecular formula is C6H12N8O2S2. The fraction of sp³-hybridized carbons (Fsp3) is 0.167. The molecule has 0 saturated heterocycles. The van der Waals surface area contributed by atoms with Crippen LogP contribution in [-0.4, -0.2) is 25.3 Å². The Kier molecular flexibility index (Phi) is 4.41. The molecule has 1 heterocycles. The maximum Gasteiger partial charge on any atom is 0.298 e. The van der Waals surface area contributed by atoms with E-state index in [1.165, 1.54) is 11.3 Å². The summed E-state index contributed by atoms with van der Waals surface area (Å²) in [4.78, 5) is 11.5. The fourth-order valence-electron chi connectivity index (χ4n) is 0.875. The second-order valence-corrected chi connectivity index (χ2v) is 5.14. The average Bonchev–Trinajstić information content (AvgIpc) is 2.59. The van der Waals surface area contributed by atoms with Crippen molar-refractivity contribution in [2.75, 3.05) is 0 Å². The summed E-state index contributed by atoms with van der Waals surface area (Å²) in [7, 11) is -3.92. The molecule has 18 heavy (non-hydrogen) atoms. The van der Waals surface area contributed by atoms with E-state index in [9.17, 15) is 8.42 Å². The Hall–Kier alpha value is -1.92. The summed E-state index contributed by atoms with van der Waals surface area (Å²) in [5.74, 6) is -0.427. The van der Waals surface area contributed by atoms with E-state index in [0.717, 1.165) is 0 Å². The van der Waals surface area contributed by atoms with E-state index < -0.39 is 10.2 Å². The van der Waals surface area contributed by atoms with Crippen LogP contribution in [0.4, 0.5) is 5.13 Å². The van der Waals surface area contributed by atoms with Gasteiger partial charge in [0, 0.05) is 5.38 Å². The van der Waals surface area contributed by atoms with E-state index in [1.54, 1.807) is 5.38 Å². The number of nitrogens with one attached hydrogen (secondary N) is 1. The van der Waals surface area contributed by atoms with Gasteiger partial charge >= 0.3 is 0 Å². The highest BCUT2D eigenvalue weighted by atomic mass is 32.2. The molecular weight excluding hydrogens is 280 g/mol. The number of guanidine groups is 2. The van der Waals surface area contributed by atoms with E-state index in [0.29, 0.717) is 10.8 Å². The van der Waals surface area contributed by atoms with Crippen LogP contribution < -0.4 is 27.1 Å². The van der Waals surface area contributed by atoms with Crippen molar-refractivity contribution in [2.45, 2.75) is 6.54 Å². The molecule has 1 rings (SSSR count). The van der Waals surface area contributed by atoms with E-state index in [2.05, 4.69) is 15.0 Å². The first-order valence-corrected chi connectivity index (χ1v) is 6.83. The maximum atomic E-state index is 10.6. The first-order chi connectivity index (χ1) is 8.26. The number of hydrogen-bond acceptors (Lipinski definition) is 6. The Labute approximate surface area is 107 Å². The van der Waals surface area contributed by atoms with E-state index in [-0.39, 0.29) is 18.5 Å². The summed E-state index contributed by atoms with van der Waals surface area (Å²) in [6.45, 7) is 0.0743. The first kappa shape index (κ1) is 14.1. The van der Waals surface area contributed by atoms with Crippen LogP contribution in [0.15, 0.2) is 15.4 Å². The van der Waals surface area contributed by atoms with Crippen LogP contribution in [0.2, 0.25) is 0 Å². The largest absolute Gasteiger partial charge is 0.370 e. The topological polar surface area (TPSA) is 188 Å². The summed E-state index contributed by atoms with van der Waals surface area (Å²) < 4.78 is 23.1. The van der Waals surface area contributed by atoms with Gasteiger partial charge in [-0.15, -0.1) is 11.3 Å². The van der Waals surface area contributed by atoms with Gasteiger partial charge in [-0.1, -0.05) is 0 Å². The van der Waals surface area contributed by atoms with Crippen molar-refractivity contribution in [2.24, 2.45) is 32.3 Å². The lowest BCUT2D eigenvalue weighted by Crippen LogP contribution is -2.40. The quantitative estimate of drug-likeness (QED) is 0.305. The third-order valence-corrected chi connectivity index (χ3v) is 2.70. The van der Waals surface area contributed by atoms with Gasteiger partial charge in [-0.05, 0) is 0 Å². The van der Waals surface area contributed by atoms with Gasteiger partial charge in [-0.3, -0.25) is 0 Å². The van der Waals surface area contributed by atoms with Gasteiger partial charge in [0.15, 0.2) is 5.96 Å². The van der Waals surface area contributed by atoms with Crippen LogP contribution in [0, 0.1) is 0 Å². The number of thiazole rings is 1. The van der Waals surface area contributed by atoms with Crippen molar-refractivity contribution in [3.05, 3.63) is 11.1 Å². The summed E-state index contributed by atoms with van der Waals surface area (Å²) in [5, 5.41) is 6.74. The SMILES string of the molecule is NC(N)=Nc1nc(CN=C(N)NS(N)(=O)=O)cs1. The smallest absolute Gasteiger partial charge is 0.298 e. The zero-order chi connectivity index (χ0) is 13.8. The van der Waals surface area contributed by atoms with Crippen LogP contribution >= 0.6 is 11.3 Å². The minimum Gasteiger partial charge on any atom is -0.370 e. The van der Waals surface area contributed by atoms with Crippen LogP contribution in [0.25, 0.3) is 0 Å². The fourth-order valence-corrected chi connectivity index (χ4v) is 1.93. The second-order valence-electron chi connectivity index (χ2n) is 3.01. The zero-order valence-corrected chi connectivity index (χ0v) is 10.7. The Morgan fingerprint density at radius 3 is 2.67 bits per heavy atom. The molecule has 1 aromatic heterocycles. The van der Waals surface area contributed by atoms with Crippen LogP contribution in [-0.2, 0) is 16.8 Å². The molecule has 0 saturated carbocycles. The molecule has 0 aromatic carbocycles. The predicted octanol–water partition coefficient (Wildman–Crippen LogP) is -2.34. The van der Waals surface area contributed by atoms with E-state index in [4.69, 9.17) is 22.3 Å². The highest BCUT2D eigenvalue weighted by Crippen LogP contribution is 2.18. The van der Waals surface area contributed by atoms with Gasteiger partial charge in [-0.2, -0.15) is 13.4 Å². The number of aromatic nitrogens is 1. The lowest BCUT2D eigenvalue weighted by atomic mass is 10.5. The average molecular weight is 292 g/mol. The molecule has 0 radical (unpaired) electrons. The summed E-state index contributed by atoms with van der Waals surface area (Å²) in [5.41, 5.74) is 16.2. The van der Waals surface area contributed by atoms with E-state index >= 15 is 0 Å². The number of hydrogen-bond donors (Lipinski definition) is 5. The van der Waals surface area contributed by atoms with Gasteiger partial charge in [0.25, 0.3) is 10.2 Å². The normalized spacial score (nSPS) is 12.2. The highest BCUT2D eigenvalue weighted by molar-refractivity contribution is 7.87. The van der Waals surface area contributed by atoms with Crippen molar-refractivity contribution in [1.29, 1.82) is 0 Å². The predicted molar refractivity (Wildman–Crippen MR) is 69.2 cm³/mol. The molecule has 0 amide bonds. The Morgan fingerprint density at radius 2 is 2.11 bits per heavy atom. The lowest BCUT2D eigenvalue weighted by molar-refractivity contribution is 0.594. The van der Waals surface area contributed by atoms with Crippen molar-refractivity contribution in [3.63, 3.8) is 0 Å². The van der Waals surface area contributed by atoms with Gasteiger partial charge in [0.05, 0.1) is 12.2 Å². The first-order valence-electron chi connectivity index (χ1n) is 4.41. The van der Waals surface area contributed by atoms with Gasteiger partial charge in [-0.25, -0.2) is 19.8 Å². The Bertz CT molecular complexity index is 570. The molecule has 0 aliphatic heterocycles. The number of rotatable bonds is 4. The van der Waals surface area contributed by atoms with Crippen LogP contribution in [0.5, 0.6) is 0 Å². The Balaban J connectivity index is 2.66. The van der Waals surface area contributed by atoms with Crippen LogP contribution in [0.1, 0.15) is 5.69 Å². The number of aliphatic imine (C=N–C) groups is 2. The highest BCUT2D eigenvalue weighted by Gasteiger charge is 2.04. The zero-order valence-electron chi connectivity index (χ0n) is 9.07. The van der Waals surface area contributed by atoms with E-state index in [1.807, 2.05) is 4.72 Å². The Morgan fingerprint density at radius 1 is 1.44 bits per heavy atom. The van der Waals surface area contributed by atoms with Crippen molar-refractivity contribution >= 4 is 38.6 Å². The maximum absolute atomic E-state index is 10.6. The molecule has 0 fully saturated rings. The minimum absolute atomic E-state index is 0.0743.